The summed E-state index contributed by atoms with van der Waals surface area (Å²) >= 11 is 0. The fourth-order valence-corrected chi connectivity index (χ4v) is 6.25. The Morgan fingerprint density at radius 2 is 1.79 bits per heavy atom. The van der Waals surface area contributed by atoms with Crippen molar-refractivity contribution < 1.29 is 9.53 Å². The van der Waals surface area contributed by atoms with Crippen molar-refractivity contribution in [2.75, 3.05) is 32.0 Å². The maximum atomic E-state index is 12.9. The maximum Gasteiger partial charge on any atom is 0.246 e. The van der Waals surface area contributed by atoms with Gasteiger partial charge in [-0.25, -0.2) is 19.0 Å². The summed E-state index contributed by atoms with van der Waals surface area (Å²) in [6, 6.07) is 12.2. The molecule has 220 valence electrons. The number of ether oxygens (including phenoxy) is 1. The number of amides is 1. The van der Waals surface area contributed by atoms with Crippen LogP contribution in [0.3, 0.4) is 0 Å². The first kappa shape index (κ1) is 27.1. The van der Waals surface area contributed by atoms with E-state index in [1.165, 1.54) is 18.3 Å². The largest absolute Gasteiger partial charge is 0.457 e. The lowest BCUT2D eigenvalue weighted by Gasteiger charge is -2.31. The van der Waals surface area contributed by atoms with Gasteiger partial charge in [-0.3, -0.25) is 9.69 Å². The van der Waals surface area contributed by atoms with Crippen molar-refractivity contribution in [3.63, 3.8) is 0 Å². The zero-order chi connectivity index (χ0) is 29.3. The molecule has 2 aliphatic heterocycles. The van der Waals surface area contributed by atoms with Gasteiger partial charge in [0.25, 0.3) is 0 Å². The molecule has 7 rings (SSSR count). The minimum Gasteiger partial charge on any atom is -0.457 e. The molecule has 0 saturated carbocycles. The van der Waals surface area contributed by atoms with Gasteiger partial charge in [-0.15, -0.1) is 0 Å². The van der Waals surface area contributed by atoms with Gasteiger partial charge < -0.3 is 15.0 Å². The van der Waals surface area contributed by atoms with Crippen LogP contribution in [0.1, 0.15) is 42.7 Å². The molecule has 2 saturated heterocycles. The molecular formula is C32H35N9O2. The first-order chi connectivity index (χ1) is 21.0. The minimum atomic E-state index is 0.119. The average molecular weight is 578 g/mol. The molecule has 0 aliphatic carbocycles. The Bertz CT molecular complexity index is 1800. The Kier molecular flexibility index (Phi) is 7.23. The van der Waals surface area contributed by atoms with Gasteiger partial charge in [0.2, 0.25) is 5.91 Å². The molecule has 1 aromatic carbocycles. The predicted molar refractivity (Wildman–Crippen MR) is 164 cm³/mol. The fraction of sp³-hybridized carbons (Fsp3) is 0.344. The molecule has 1 N–H and O–H groups in total. The molecule has 43 heavy (non-hydrogen) atoms. The van der Waals surface area contributed by atoms with Crippen LogP contribution < -0.4 is 10.1 Å². The summed E-state index contributed by atoms with van der Waals surface area (Å²) in [5, 5.41) is 12.1. The number of hydrogen-bond acceptors (Lipinski definition) is 8. The second-order valence-electron chi connectivity index (χ2n) is 11.5. The van der Waals surface area contributed by atoms with Crippen LogP contribution in [0, 0.1) is 6.92 Å². The van der Waals surface area contributed by atoms with Gasteiger partial charge in [0.15, 0.2) is 11.5 Å². The molecule has 0 bridgehead atoms. The van der Waals surface area contributed by atoms with Crippen LogP contribution in [0.25, 0.3) is 11.2 Å². The van der Waals surface area contributed by atoms with Gasteiger partial charge in [-0.05, 0) is 93.6 Å². The average Bonchev–Trinajstić information content (AvgIpc) is 3.77. The monoisotopic (exact) mass is 577 g/mol. The first-order valence-electron chi connectivity index (χ1n) is 14.9. The molecule has 5 aromatic rings. The molecule has 0 spiro atoms. The van der Waals surface area contributed by atoms with E-state index >= 15 is 0 Å². The van der Waals surface area contributed by atoms with E-state index in [-0.39, 0.29) is 5.91 Å². The number of aryl methyl sites for hydroxylation is 1. The van der Waals surface area contributed by atoms with E-state index in [1.54, 1.807) is 16.9 Å². The Balaban J connectivity index is 1.04. The number of rotatable bonds is 7. The molecule has 2 fully saturated rings. The topological polar surface area (TPSA) is 105 Å². The summed E-state index contributed by atoms with van der Waals surface area (Å²) < 4.78 is 9.73. The Hall–Kier alpha value is -4.77. The van der Waals surface area contributed by atoms with E-state index < -0.39 is 0 Å². The number of hydrogen-bond donors (Lipinski definition) is 1. The summed E-state index contributed by atoms with van der Waals surface area (Å²) in [5.74, 6) is 2.66. The van der Waals surface area contributed by atoms with Crippen LogP contribution in [0.4, 0.5) is 11.5 Å². The quantitative estimate of drug-likeness (QED) is 0.270. The summed E-state index contributed by atoms with van der Waals surface area (Å²) in [5.41, 5.74) is 4.80. The molecule has 0 unspecified atom stereocenters. The molecule has 6 heterocycles. The molecule has 1 amide bonds. The number of nitrogens with one attached hydrogen (secondary N) is 1. The van der Waals surface area contributed by atoms with Crippen molar-refractivity contribution in [1.82, 2.24) is 39.0 Å². The Labute approximate surface area is 249 Å². The maximum absolute atomic E-state index is 12.9. The first-order valence-corrected chi connectivity index (χ1v) is 14.9. The molecule has 4 aromatic heterocycles. The Morgan fingerprint density at radius 1 is 0.977 bits per heavy atom. The highest BCUT2D eigenvalue weighted by Crippen LogP contribution is 2.35. The van der Waals surface area contributed by atoms with Crippen molar-refractivity contribution in [3.8, 4) is 11.5 Å². The number of anilines is 2. The van der Waals surface area contributed by atoms with Gasteiger partial charge in [0.1, 0.15) is 29.7 Å². The van der Waals surface area contributed by atoms with Crippen molar-refractivity contribution in [1.29, 1.82) is 0 Å². The molecule has 11 heteroatoms. The zero-order valence-electron chi connectivity index (χ0n) is 24.4. The summed E-state index contributed by atoms with van der Waals surface area (Å²) in [6.07, 6.45) is 14.9. The SMILES string of the molecule is Cc1cc(Nc2ncnn3ccc(C4CCN(C(=O)/C=C/[C@H]5CCCN5C)CC4)c23)ccc1Oc1ccn2ncnc2c1. The van der Waals surface area contributed by atoms with Gasteiger partial charge in [-0.2, -0.15) is 10.2 Å². The second kappa shape index (κ2) is 11.5. The number of likely N-dealkylation sites (tertiary alicyclic amines) is 2. The second-order valence-corrected chi connectivity index (χ2v) is 11.5. The highest BCUT2D eigenvalue weighted by molar-refractivity contribution is 5.87. The summed E-state index contributed by atoms with van der Waals surface area (Å²) in [4.78, 5) is 26.0. The normalized spacial score (nSPS) is 18.3. The third-order valence-electron chi connectivity index (χ3n) is 8.69. The lowest BCUT2D eigenvalue weighted by molar-refractivity contribution is -0.127. The number of carbonyl (C=O) groups is 1. The number of fused-ring (bicyclic) bond motifs is 2. The van der Waals surface area contributed by atoms with Gasteiger partial charge in [0, 0.05) is 49.4 Å². The lowest BCUT2D eigenvalue weighted by Crippen LogP contribution is -2.37. The Morgan fingerprint density at radius 3 is 2.60 bits per heavy atom. The predicted octanol–water partition coefficient (Wildman–Crippen LogP) is 4.97. The number of pyridine rings is 1. The highest BCUT2D eigenvalue weighted by atomic mass is 16.5. The van der Waals surface area contributed by atoms with E-state index in [1.807, 2.05) is 59.1 Å². The van der Waals surface area contributed by atoms with E-state index in [4.69, 9.17) is 4.74 Å². The van der Waals surface area contributed by atoms with Crippen molar-refractivity contribution in [2.24, 2.45) is 0 Å². The van der Waals surface area contributed by atoms with Crippen LogP contribution >= 0.6 is 0 Å². The van der Waals surface area contributed by atoms with E-state index in [0.717, 1.165) is 72.9 Å². The third kappa shape index (κ3) is 5.55. The molecule has 0 radical (unpaired) electrons. The van der Waals surface area contributed by atoms with Crippen LogP contribution in [0.5, 0.6) is 11.5 Å². The van der Waals surface area contributed by atoms with Crippen LogP contribution in [-0.4, -0.2) is 77.6 Å². The van der Waals surface area contributed by atoms with Crippen molar-refractivity contribution >= 4 is 28.6 Å². The summed E-state index contributed by atoms with van der Waals surface area (Å²) in [7, 11) is 2.13. The van der Waals surface area contributed by atoms with Crippen LogP contribution in [-0.2, 0) is 4.79 Å². The van der Waals surface area contributed by atoms with E-state index in [0.29, 0.717) is 17.7 Å². The molecule has 11 nitrogen and oxygen atoms in total. The standard InChI is InChI=1S/C32H35N9O2/c1-22-18-24(5-7-28(22)43-26-11-16-40-29(19-26)33-20-35-40)37-32-31-27(12-17-41(31)36-21-34-32)23-9-14-39(15-10-23)30(42)8-6-25-4-3-13-38(25)2/h5-8,11-12,16-21,23,25H,3-4,9-10,13-15H2,1-2H3,(H,34,36,37)/b8-6+/t25-/m1/s1. The number of benzene rings is 1. The molecule has 1 atom stereocenters. The van der Waals surface area contributed by atoms with Gasteiger partial charge in [-0.1, -0.05) is 6.08 Å². The van der Waals surface area contributed by atoms with Gasteiger partial charge >= 0.3 is 0 Å². The number of piperidine rings is 1. The third-order valence-corrected chi connectivity index (χ3v) is 8.69. The van der Waals surface area contributed by atoms with Crippen LogP contribution in [0.2, 0.25) is 0 Å². The van der Waals surface area contributed by atoms with Crippen LogP contribution in [0.15, 0.2) is 73.6 Å². The molecular weight excluding hydrogens is 542 g/mol. The van der Waals surface area contributed by atoms with Crippen molar-refractivity contribution in [2.45, 2.75) is 44.6 Å². The number of carbonyl (C=O) groups excluding carboxylic acids is 1. The zero-order valence-corrected chi connectivity index (χ0v) is 24.4. The van der Waals surface area contributed by atoms with E-state index in [9.17, 15) is 4.79 Å². The van der Waals surface area contributed by atoms with Gasteiger partial charge in [0.05, 0.1) is 0 Å². The number of likely N-dealkylation sites (N-methyl/N-ethyl adjacent to an activating group) is 1. The number of aromatic nitrogens is 6. The number of nitrogens with zero attached hydrogens (tertiary/aromatic N) is 8. The fourth-order valence-electron chi connectivity index (χ4n) is 6.25. The molecule has 2 aliphatic rings. The highest BCUT2D eigenvalue weighted by Gasteiger charge is 2.26. The summed E-state index contributed by atoms with van der Waals surface area (Å²) in [6.45, 7) is 4.60. The van der Waals surface area contributed by atoms with Crippen molar-refractivity contribution in [3.05, 3.63) is 84.7 Å². The van der Waals surface area contributed by atoms with E-state index in [2.05, 4.69) is 49.6 Å². The smallest absolute Gasteiger partial charge is 0.246 e. The minimum absolute atomic E-state index is 0.119. The lowest BCUT2D eigenvalue weighted by atomic mass is 9.90.